The first kappa shape index (κ1) is 20.6. The van der Waals surface area contributed by atoms with E-state index in [2.05, 4.69) is 4.98 Å². The zero-order chi connectivity index (χ0) is 20.6. The number of rotatable bonds is 8. The van der Waals surface area contributed by atoms with Crippen molar-refractivity contribution in [3.05, 3.63) is 72.8 Å². The number of hydrogen-bond acceptors (Lipinski definition) is 5. The molecule has 0 N–H and O–H groups in total. The fourth-order valence-corrected chi connectivity index (χ4v) is 3.54. The smallest absolute Gasteiger partial charge is 0.326 e. The van der Waals surface area contributed by atoms with Crippen molar-refractivity contribution >= 4 is 29.3 Å². The van der Waals surface area contributed by atoms with E-state index in [9.17, 15) is 14.0 Å². The Morgan fingerprint density at radius 3 is 2.69 bits per heavy atom. The summed E-state index contributed by atoms with van der Waals surface area (Å²) >= 11 is 1.21. The minimum atomic E-state index is -0.476. The van der Waals surface area contributed by atoms with Gasteiger partial charge in [0.05, 0.1) is 18.0 Å². The monoisotopic (exact) mass is 413 g/mol. The van der Waals surface area contributed by atoms with Crippen LogP contribution in [0, 0.1) is 5.82 Å². The molecule has 0 aliphatic heterocycles. The number of benzene rings is 2. The zero-order valence-corrected chi connectivity index (χ0v) is 16.6. The molecule has 1 amide bonds. The summed E-state index contributed by atoms with van der Waals surface area (Å²) in [6, 6.07) is 15.1. The number of thioether (sulfide) groups is 1. The molecule has 2 aromatic carbocycles. The predicted octanol–water partition coefficient (Wildman–Crippen LogP) is 3.70. The van der Waals surface area contributed by atoms with E-state index < -0.39 is 5.97 Å². The topological polar surface area (TPSA) is 64.4 Å². The molecule has 0 saturated carbocycles. The van der Waals surface area contributed by atoms with E-state index in [0.717, 1.165) is 0 Å². The fraction of sp³-hybridized carbons (Fsp3) is 0.190. The van der Waals surface area contributed by atoms with Crippen molar-refractivity contribution in [2.75, 3.05) is 23.8 Å². The molecular weight excluding hydrogens is 393 g/mol. The number of aromatic nitrogens is 2. The first-order valence-electron chi connectivity index (χ1n) is 9.01. The molecule has 0 bridgehead atoms. The summed E-state index contributed by atoms with van der Waals surface area (Å²) in [5.41, 5.74) is 1.23. The number of para-hydroxylation sites is 1. The van der Waals surface area contributed by atoms with Gasteiger partial charge in [-0.2, -0.15) is 0 Å². The van der Waals surface area contributed by atoms with Gasteiger partial charge in [-0.25, -0.2) is 9.37 Å². The second-order valence-electron chi connectivity index (χ2n) is 5.97. The number of amides is 1. The quantitative estimate of drug-likeness (QED) is 0.416. The van der Waals surface area contributed by atoms with Gasteiger partial charge in [0.25, 0.3) is 0 Å². The van der Waals surface area contributed by atoms with Crippen molar-refractivity contribution in [3.8, 4) is 5.69 Å². The van der Waals surface area contributed by atoms with Crippen LogP contribution in [0.5, 0.6) is 0 Å². The highest BCUT2D eigenvalue weighted by molar-refractivity contribution is 7.99. The lowest BCUT2D eigenvalue weighted by molar-refractivity contribution is -0.142. The van der Waals surface area contributed by atoms with Crippen LogP contribution in [0.1, 0.15) is 6.92 Å². The van der Waals surface area contributed by atoms with Crippen LogP contribution in [-0.2, 0) is 14.3 Å². The number of carbonyl (C=O) groups excluding carboxylic acids is 2. The number of hydrogen-bond donors (Lipinski definition) is 0. The van der Waals surface area contributed by atoms with Gasteiger partial charge in [0.15, 0.2) is 5.16 Å². The van der Waals surface area contributed by atoms with Crippen molar-refractivity contribution in [3.63, 3.8) is 0 Å². The molecule has 0 aliphatic rings. The molecule has 29 heavy (non-hydrogen) atoms. The number of imidazole rings is 1. The van der Waals surface area contributed by atoms with Gasteiger partial charge in [-0.1, -0.05) is 36.0 Å². The highest BCUT2D eigenvalue weighted by Crippen LogP contribution is 2.23. The van der Waals surface area contributed by atoms with Crippen LogP contribution in [-0.4, -0.2) is 40.3 Å². The van der Waals surface area contributed by atoms with Gasteiger partial charge in [-0.15, -0.1) is 0 Å². The molecule has 3 rings (SSSR count). The molecule has 1 aromatic heterocycles. The van der Waals surface area contributed by atoms with Gasteiger partial charge < -0.3 is 9.64 Å². The molecular formula is C21H20FN3O3S. The Balaban J connectivity index is 1.74. The average Bonchev–Trinajstić information content (AvgIpc) is 3.20. The number of ether oxygens (including phenoxy) is 1. The Labute approximate surface area is 172 Å². The lowest BCUT2D eigenvalue weighted by Crippen LogP contribution is -2.37. The van der Waals surface area contributed by atoms with Crippen LogP contribution in [0.25, 0.3) is 5.69 Å². The molecule has 0 unspecified atom stereocenters. The molecule has 8 heteroatoms. The van der Waals surface area contributed by atoms with Gasteiger partial charge >= 0.3 is 5.97 Å². The maximum Gasteiger partial charge on any atom is 0.326 e. The normalized spacial score (nSPS) is 10.6. The molecule has 0 fully saturated rings. The second kappa shape index (κ2) is 9.88. The van der Waals surface area contributed by atoms with Crippen molar-refractivity contribution in [2.45, 2.75) is 12.1 Å². The lowest BCUT2D eigenvalue weighted by Gasteiger charge is -2.21. The Morgan fingerprint density at radius 1 is 1.17 bits per heavy atom. The summed E-state index contributed by atoms with van der Waals surface area (Å²) in [5.74, 6) is -1.03. The van der Waals surface area contributed by atoms with Crippen molar-refractivity contribution < 1.29 is 18.7 Å². The SMILES string of the molecule is CCOC(=O)CN(C(=O)CSc1nccn1-c1cccc(F)c1)c1ccccc1. The van der Waals surface area contributed by atoms with Crippen LogP contribution in [0.2, 0.25) is 0 Å². The molecule has 0 atom stereocenters. The summed E-state index contributed by atoms with van der Waals surface area (Å²) < 4.78 is 20.2. The van der Waals surface area contributed by atoms with Crippen molar-refractivity contribution in [2.24, 2.45) is 0 Å². The van der Waals surface area contributed by atoms with Crippen molar-refractivity contribution in [1.82, 2.24) is 9.55 Å². The molecule has 150 valence electrons. The van der Waals surface area contributed by atoms with E-state index in [-0.39, 0.29) is 30.6 Å². The first-order valence-corrected chi connectivity index (χ1v) is 10.00. The van der Waals surface area contributed by atoms with Gasteiger partial charge in [-0.3, -0.25) is 14.2 Å². The van der Waals surface area contributed by atoms with E-state index in [1.165, 1.54) is 28.8 Å². The molecule has 0 radical (unpaired) electrons. The molecule has 1 heterocycles. The summed E-state index contributed by atoms with van der Waals surface area (Å²) in [5, 5.41) is 0.549. The van der Waals surface area contributed by atoms with E-state index in [1.54, 1.807) is 60.3 Å². The molecule has 0 aliphatic carbocycles. The summed E-state index contributed by atoms with van der Waals surface area (Å²) in [6.07, 6.45) is 3.29. The lowest BCUT2D eigenvalue weighted by atomic mass is 10.3. The van der Waals surface area contributed by atoms with E-state index in [1.807, 2.05) is 6.07 Å². The van der Waals surface area contributed by atoms with Crippen molar-refractivity contribution in [1.29, 1.82) is 0 Å². The Bertz CT molecular complexity index is 978. The largest absolute Gasteiger partial charge is 0.465 e. The number of anilines is 1. The molecule has 0 saturated heterocycles. The van der Waals surface area contributed by atoms with Crippen LogP contribution in [0.15, 0.2) is 72.1 Å². The average molecular weight is 413 g/mol. The number of esters is 1. The fourth-order valence-electron chi connectivity index (χ4n) is 2.69. The number of nitrogens with zero attached hydrogens (tertiary/aromatic N) is 3. The molecule has 3 aromatic rings. The highest BCUT2D eigenvalue weighted by atomic mass is 32.2. The number of carbonyl (C=O) groups is 2. The molecule has 6 nitrogen and oxygen atoms in total. The number of halogens is 1. The Kier molecular flexibility index (Phi) is 7.02. The zero-order valence-electron chi connectivity index (χ0n) is 15.8. The Morgan fingerprint density at radius 2 is 1.97 bits per heavy atom. The first-order chi connectivity index (χ1) is 14.1. The van der Waals surface area contributed by atoms with E-state index in [0.29, 0.717) is 16.5 Å². The van der Waals surface area contributed by atoms with Gasteiger partial charge in [0.1, 0.15) is 12.4 Å². The third kappa shape index (κ3) is 5.45. The summed E-state index contributed by atoms with van der Waals surface area (Å²) in [4.78, 5) is 30.5. The van der Waals surface area contributed by atoms with E-state index in [4.69, 9.17) is 4.74 Å². The minimum Gasteiger partial charge on any atom is -0.465 e. The Hall–Kier alpha value is -3.13. The summed E-state index contributed by atoms with van der Waals surface area (Å²) in [7, 11) is 0. The van der Waals surface area contributed by atoms with Gasteiger partial charge in [0, 0.05) is 18.1 Å². The minimum absolute atomic E-state index is 0.0562. The van der Waals surface area contributed by atoms with Crippen LogP contribution >= 0.6 is 11.8 Å². The maximum absolute atomic E-state index is 13.5. The highest BCUT2D eigenvalue weighted by Gasteiger charge is 2.21. The van der Waals surface area contributed by atoms with Crippen LogP contribution in [0.3, 0.4) is 0 Å². The second-order valence-corrected chi connectivity index (χ2v) is 6.91. The van der Waals surface area contributed by atoms with Gasteiger partial charge in [-0.05, 0) is 37.3 Å². The third-order valence-corrected chi connectivity index (χ3v) is 4.93. The predicted molar refractivity (Wildman–Crippen MR) is 110 cm³/mol. The van der Waals surface area contributed by atoms with Gasteiger partial charge in [0.2, 0.25) is 5.91 Å². The van der Waals surface area contributed by atoms with Crippen LogP contribution < -0.4 is 4.90 Å². The summed E-state index contributed by atoms with van der Waals surface area (Å²) in [6.45, 7) is 1.79. The van der Waals surface area contributed by atoms with E-state index >= 15 is 0 Å². The molecule has 0 spiro atoms. The maximum atomic E-state index is 13.5. The standard InChI is InChI=1S/C21H20FN3O3S/c1-2-28-20(27)14-25(17-8-4-3-5-9-17)19(26)15-29-21-23-11-12-24(21)18-10-6-7-16(22)13-18/h3-13H,2,14-15H2,1H3. The van der Waals surface area contributed by atoms with Crippen LogP contribution in [0.4, 0.5) is 10.1 Å². The third-order valence-electron chi connectivity index (χ3n) is 3.98.